The van der Waals surface area contributed by atoms with Gasteiger partial charge < -0.3 is 5.73 Å². The topological polar surface area (TPSA) is 81.8 Å². The van der Waals surface area contributed by atoms with Gasteiger partial charge in [-0.3, -0.25) is 4.79 Å². The monoisotopic (exact) mass is 264 g/mol. The van der Waals surface area contributed by atoms with Crippen molar-refractivity contribution in [3.8, 4) is 0 Å². The molecule has 0 fully saturated rings. The molecule has 7 heteroatoms. The van der Waals surface area contributed by atoms with E-state index in [1.54, 1.807) is 0 Å². The lowest BCUT2D eigenvalue weighted by Crippen LogP contribution is -2.10. The number of hydrogen-bond donors (Lipinski definition) is 1. The summed E-state index contributed by atoms with van der Waals surface area (Å²) in [6.07, 6.45) is 1.89. The summed E-state index contributed by atoms with van der Waals surface area (Å²) in [5.41, 5.74) is 5.05. The van der Waals surface area contributed by atoms with Crippen molar-refractivity contribution in [2.45, 2.75) is 0 Å². The van der Waals surface area contributed by atoms with E-state index < -0.39 is 5.91 Å². The molecule has 1 amide bonds. The van der Waals surface area contributed by atoms with Crippen LogP contribution in [0.2, 0.25) is 0 Å². The molecule has 2 aromatic heterocycles. The van der Waals surface area contributed by atoms with E-state index in [9.17, 15) is 4.79 Å². The van der Waals surface area contributed by atoms with Gasteiger partial charge in [0.1, 0.15) is 0 Å². The van der Waals surface area contributed by atoms with Gasteiger partial charge in [0.2, 0.25) is 0 Å². The van der Waals surface area contributed by atoms with Crippen molar-refractivity contribution in [3.63, 3.8) is 0 Å². The Morgan fingerprint density at radius 3 is 2.71 bits per heavy atom. The molecule has 0 radical (unpaired) electrons. The minimum absolute atomic E-state index is 0.231. The van der Waals surface area contributed by atoms with Crippen LogP contribution in [0.3, 0.4) is 0 Å². The van der Waals surface area contributed by atoms with Crippen molar-refractivity contribution in [1.82, 2.24) is 14.0 Å². The zero-order valence-electron chi connectivity index (χ0n) is 8.61. The number of primary amides is 1. The van der Waals surface area contributed by atoms with Gasteiger partial charge in [-0.2, -0.15) is 4.37 Å². The molecule has 17 heavy (non-hydrogen) atoms. The molecular weight excluding hydrogens is 256 g/mol. The maximum atomic E-state index is 10.2. The first-order valence-corrected chi connectivity index (χ1v) is 6.24. The number of carbonyl (C=O) groups excluding carboxylic acids is 1. The number of amides is 1. The molecule has 86 valence electrons. The molecule has 0 unspecified atom stereocenters. The first-order chi connectivity index (χ1) is 8.27. The minimum Gasteiger partial charge on any atom is -0.364 e. The summed E-state index contributed by atoms with van der Waals surface area (Å²) in [7, 11) is 0. The van der Waals surface area contributed by atoms with Crippen LogP contribution < -0.4 is 5.73 Å². The van der Waals surface area contributed by atoms with Crippen LogP contribution >= 0.6 is 23.1 Å². The zero-order chi connectivity index (χ0) is 12.1. The SMILES string of the molecule is NC(=O)c1csnn1.c1ccc2sncc2c1. The normalized spacial score (nSPS) is 9.65. The third kappa shape index (κ3) is 3.05. The number of aromatic nitrogens is 3. The highest BCUT2D eigenvalue weighted by Crippen LogP contribution is 2.15. The lowest BCUT2D eigenvalue weighted by Gasteiger charge is -1.80. The first-order valence-electron chi connectivity index (χ1n) is 4.63. The van der Waals surface area contributed by atoms with E-state index in [-0.39, 0.29) is 5.69 Å². The average molecular weight is 264 g/mol. The van der Waals surface area contributed by atoms with Crippen molar-refractivity contribution in [2.24, 2.45) is 5.73 Å². The maximum absolute atomic E-state index is 10.2. The second-order valence-electron chi connectivity index (χ2n) is 3.02. The molecule has 1 aromatic carbocycles. The molecule has 0 saturated heterocycles. The summed E-state index contributed by atoms with van der Waals surface area (Å²) in [5.74, 6) is -0.529. The number of rotatable bonds is 1. The molecular formula is C10H8N4OS2. The van der Waals surface area contributed by atoms with Crippen LogP contribution in [0.25, 0.3) is 10.1 Å². The molecule has 0 saturated carbocycles. The fraction of sp³-hybridized carbons (Fsp3) is 0. The number of carbonyl (C=O) groups is 1. The van der Waals surface area contributed by atoms with Crippen LogP contribution in [0.15, 0.2) is 35.8 Å². The smallest absolute Gasteiger partial charge is 0.270 e. The highest BCUT2D eigenvalue weighted by Gasteiger charge is 1.99. The Hall–Kier alpha value is -1.86. The molecule has 0 aliphatic heterocycles. The summed E-state index contributed by atoms with van der Waals surface area (Å²) >= 11 is 2.64. The van der Waals surface area contributed by atoms with Crippen molar-refractivity contribution in [2.75, 3.05) is 0 Å². The first kappa shape index (κ1) is 11.6. The molecule has 0 spiro atoms. The highest BCUT2D eigenvalue weighted by molar-refractivity contribution is 7.13. The van der Waals surface area contributed by atoms with Gasteiger partial charge in [-0.1, -0.05) is 22.7 Å². The van der Waals surface area contributed by atoms with Crippen molar-refractivity contribution in [1.29, 1.82) is 0 Å². The van der Waals surface area contributed by atoms with Gasteiger partial charge in [-0.05, 0) is 29.1 Å². The molecule has 0 bridgehead atoms. The highest BCUT2D eigenvalue weighted by atomic mass is 32.1. The predicted octanol–water partition coefficient (Wildman–Crippen LogP) is 1.93. The second kappa shape index (κ2) is 5.46. The molecule has 2 N–H and O–H groups in total. The van der Waals surface area contributed by atoms with E-state index >= 15 is 0 Å². The van der Waals surface area contributed by atoms with Crippen molar-refractivity contribution >= 4 is 39.1 Å². The van der Waals surface area contributed by atoms with Gasteiger partial charge in [-0.25, -0.2) is 0 Å². The van der Waals surface area contributed by atoms with Crippen LogP contribution in [0.5, 0.6) is 0 Å². The summed E-state index contributed by atoms with van der Waals surface area (Å²) in [5, 5.41) is 6.15. The molecule has 5 nitrogen and oxygen atoms in total. The summed E-state index contributed by atoms with van der Waals surface area (Å²) in [4.78, 5) is 10.2. The standard InChI is InChI=1S/C7H5NS.C3H3N3OS/c1-2-4-7-6(3-1)5-8-9-7;4-3(7)2-1-8-6-5-2/h1-5H;1H,(H2,4,7). The zero-order valence-corrected chi connectivity index (χ0v) is 10.2. The van der Waals surface area contributed by atoms with Crippen LogP contribution in [0.1, 0.15) is 10.5 Å². The fourth-order valence-corrected chi connectivity index (χ4v) is 2.17. The molecule has 0 aliphatic rings. The van der Waals surface area contributed by atoms with Gasteiger partial charge in [-0.15, -0.1) is 5.10 Å². The fourth-order valence-electron chi connectivity index (χ4n) is 1.08. The number of nitrogens with zero attached hydrogens (tertiary/aromatic N) is 3. The quantitative estimate of drug-likeness (QED) is 0.728. The van der Waals surface area contributed by atoms with E-state index in [1.165, 1.54) is 27.0 Å². The van der Waals surface area contributed by atoms with E-state index in [1.807, 2.05) is 18.3 Å². The van der Waals surface area contributed by atoms with Gasteiger partial charge in [0.15, 0.2) is 5.69 Å². The van der Waals surface area contributed by atoms with Gasteiger partial charge >= 0.3 is 0 Å². The van der Waals surface area contributed by atoms with E-state index in [0.29, 0.717) is 0 Å². The molecule has 3 aromatic rings. The van der Waals surface area contributed by atoms with Crippen LogP contribution in [-0.4, -0.2) is 19.9 Å². The Morgan fingerprint density at radius 1 is 1.29 bits per heavy atom. The minimum atomic E-state index is -0.529. The third-order valence-corrected chi connectivity index (χ3v) is 3.16. The Morgan fingerprint density at radius 2 is 2.12 bits per heavy atom. The van der Waals surface area contributed by atoms with Crippen molar-refractivity contribution in [3.05, 3.63) is 41.5 Å². The molecule has 0 aliphatic carbocycles. The summed E-state index contributed by atoms with van der Waals surface area (Å²) in [6, 6.07) is 8.20. The van der Waals surface area contributed by atoms with Gasteiger partial charge in [0.05, 0.1) is 4.70 Å². The number of nitrogens with two attached hydrogens (primary N) is 1. The largest absolute Gasteiger partial charge is 0.364 e. The van der Waals surface area contributed by atoms with Crippen LogP contribution in [0.4, 0.5) is 0 Å². The van der Waals surface area contributed by atoms with E-state index in [2.05, 4.69) is 26.1 Å². The van der Waals surface area contributed by atoms with Gasteiger partial charge in [0, 0.05) is 17.0 Å². The number of fused-ring (bicyclic) bond motifs is 1. The third-order valence-electron chi connectivity index (χ3n) is 1.87. The average Bonchev–Trinajstić information content (AvgIpc) is 3.01. The molecule has 0 atom stereocenters. The molecule has 2 heterocycles. The molecule has 3 rings (SSSR count). The lowest BCUT2D eigenvalue weighted by atomic mass is 10.3. The Kier molecular flexibility index (Phi) is 3.73. The number of hydrogen-bond acceptors (Lipinski definition) is 6. The Labute approximate surface area is 105 Å². The lowest BCUT2D eigenvalue weighted by molar-refractivity contribution is 0.0995. The predicted molar refractivity (Wildman–Crippen MR) is 68.0 cm³/mol. The van der Waals surface area contributed by atoms with Crippen LogP contribution in [0, 0.1) is 0 Å². The van der Waals surface area contributed by atoms with Gasteiger partial charge in [0.25, 0.3) is 5.91 Å². The van der Waals surface area contributed by atoms with Crippen molar-refractivity contribution < 1.29 is 4.79 Å². The van der Waals surface area contributed by atoms with E-state index in [0.717, 1.165) is 11.5 Å². The summed E-state index contributed by atoms with van der Waals surface area (Å²) in [6.45, 7) is 0. The maximum Gasteiger partial charge on any atom is 0.270 e. The van der Waals surface area contributed by atoms with E-state index in [4.69, 9.17) is 5.73 Å². The summed E-state index contributed by atoms with van der Waals surface area (Å²) < 4.78 is 8.74. The number of benzene rings is 1. The Bertz CT molecular complexity index is 575. The van der Waals surface area contributed by atoms with Crippen LogP contribution in [-0.2, 0) is 0 Å². The Balaban J connectivity index is 0.000000128. The second-order valence-corrected chi connectivity index (χ2v) is 4.46.